The maximum Gasteiger partial charge on any atom is 0.269 e. The molecule has 0 radical (unpaired) electrons. The van der Waals surface area contributed by atoms with E-state index in [2.05, 4.69) is 0 Å². The molecule has 1 spiro atoms. The van der Waals surface area contributed by atoms with Crippen LogP contribution in [0, 0.1) is 15.5 Å². The number of anilines is 1. The summed E-state index contributed by atoms with van der Waals surface area (Å²) in [7, 11) is 0. The first-order valence-electron chi connectivity index (χ1n) is 14.1. The van der Waals surface area contributed by atoms with Gasteiger partial charge >= 0.3 is 0 Å². The van der Waals surface area contributed by atoms with Gasteiger partial charge in [0.15, 0.2) is 17.3 Å². The molecule has 3 aliphatic rings. The fraction of sp³-hybridized carbons (Fsp3) is 0.171. The Balaban J connectivity index is 1.54. The number of nitro groups is 1. The van der Waals surface area contributed by atoms with E-state index < -0.39 is 28.3 Å². The van der Waals surface area contributed by atoms with Crippen molar-refractivity contribution in [1.29, 1.82) is 0 Å². The molecule has 212 valence electrons. The molecule has 2 aliphatic heterocycles. The fourth-order valence-electron chi connectivity index (χ4n) is 7.20. The van der Waals surface area contributed by atoms with Crippen LogP contribution in [0.1, 0.15) is 55.0 Å². The number of non-ortho nitro benzene ring substituents is 1. The van der Waals surface area contributed by atoms with Crippen LogP contribution in [0.2, 0.25) is 0 Å². The molecular weight excluding hydrogens is 544 g/mol. The number of ketones is 3. The zero-order valence-electron chi connectivity index (χ0n) is 23.2. The summed E-state index contributed by atoms with van der Waals surface area (Å²) in [6.07, 6.45) is 3.77. The number of para-hydroxylation sites is 2. The van der Waals surface area contributed by atoms with Gasteiger partial charge in [0.2, 0.25) is 0 Å². The van der Waals surface area contributed by atoms with Crippen molar-refractivity contribution in [1.82, 2.24) is 0 Å². The summed E-state index contributed by atoms with van der Waals surface area (Å²) in [5.41, 5.74) is 1.27. The number of hydrogen-bond donors (Lipinski definition) is 0. The van der Waals surface area contributed by atoms with Crippen LogP contribution >= 0.6 is 0 Å². The van der Waals surface area contributed by atoms with E-state index in [9.17, 15) is 24.5 Å². The minimum atomic E-state index is -1.66. The highest BCUT2D eigenvalue weighted by atomic mass is 16.6. The zero-order valence-corrected chi connectivity index (χ0v) is 23.2. The lowest BCUT2D eigenvalue weighted by atomic mass is 9.64. The van der Waals surface area contributed by atoms with Crippen LogP contribution in [-0.2, 0) is 0 Å². The summed E-state index contributed by atoms with van der Waals surface area (Å²) in [5, 5.41) is 11.4. The van der Waals surface area contributed by atoms with E-state index >= 15 is 0 Å². The SMILES string of the molecule is CCOc1ccccc1[C@@H]1[C@@H](C(=O)c2ccc([N+](=O)[O-])cc2)N2c3ccccc3C=C[C@@H]2C12C(=O)c1ccccc1C2=O. The van der Waals surface area contributed by atoms with Gasteiger partial charge in [-0.1, -0.05) is 72.8 Å². The van der Waals surface area contributed by atoms with Crippen molar-refractivity contribution in [3.8, 4) is 5.75 Å². The lowest BCUT2D eigenvalue weighted by molar-refractivity contribution is -0.384. The molecule has 4 aromatic carbocycles. The molecule has 3 atom stereocenters. The van der Waals surface area contributed by atoms with Gasteiger partial charge in [0.25, 0.3) is 5.69 Å². The van der Waals surface area contributed by atoms with Crippen LogP contribution in [0.3, 0.4) is 0 Å². The number of hydrogen-bond acceptors (Lipinski definition) is 7. The fourth-order valence-corrected chi connectivity index (χ4v) is 7.20. The summed E-state index contributed by atoms with van der Waals surface area (Å²) >= 11 is 0. The molecule has 0 bridgehead atoms. The highest BCUT2D eigenvalue weighted by Crippen LogP contribution is 2.62. The van der Waals surface area contributed by atoms with E-state index in [1.807, 2.05) is 66.4 Å². The van der Waals surface area contributed by atoms with Gasteiger partial charge < -0.3 is 9.64 Å². The number of nitrogens with zero attached hydrogens (tertiary/aromatic N) is 2. The lowest BCUT2D eigenvalue weighted by Gasteiger charge is -2.37. The molecule has 43 heavy (non-hydrogen) atoms. The number of Topliss-reactive ketones (excluding diaryl/α,β-unsaturated/α-hetero) is 3. The largest absolute Gasteiger partial charge is 0.494 e. The minimum Gasteiger partial charge on any atom is -0.494 e. The van der Waals surface area contributed by atoms with Gasteiger partial charge in [-0.05, 0) is 36.8 Å². The highest BCUT2D eigenvalue weighted by molar-refractivity contribution is 6.32. The van der Waals surface area contributed by atoms with E-state index in [1.54, 1.807) is 30.3 Å². The average molecular weight is 571 g/mol. The predicted octanol–water partition coefficient (Wildman–Crippen LogP) is 6.31. The molecule has 0 amide bonds. The Hall–Kier alpha value is -5.37. The molecule has 1 aliphatic carbocycles. The maximum absolute atomic E-state index is 14.8. The molecule has 0 unspecified atom stereocenters. The third kappa shape index (κ3) is 3.65. The number of fused-ring (bicyclic) bond motifs is 5. The number of carbonyl (C=O) groups excluding carboxylic acids is 3. The number of rotatable bonds is 6. The van der Waals surface area contributed by atoms with E-state index in [4.69, 9.17) is 4.74 Å². The number of benzene rings is 4. The van der Waals surface area contributed by atoms with Crippen molar-refractivity contribution >= 4 is 34.8 Å². The normalized spacial score (nSPS) is 21.0. The third-order valence-electron chi connectivity index (χ3n) is 8.90. The Bertz CT molecular complexity index is 1830. The third-order valence-corrected chi connectivity index (χ3v) is 8.90. The van der Waals surface area contributed by atoms with Crippen molar-refractivity contribution in [3.63, 3.8) is 0 Å². The molecule has 1 saturated heterocycles. The molecule has 4 aromatic rings. The molecule has 1 fully saturated rings. The van der Waals surface area contributed by atoms with Crippen LogP contribution < -0.4 is 9.64 Å². The Morgan fingerprint density at radius 1 is 0.884 bits per heavy atom. The first-order chi connectivity index (χ1) is 20.9. The van der Waals surface area contributed by atoms with Gasteiger partial charge in [0.05, 0.1) is 17.6 Å². The van der Waals surface area contributed by atoms with Crippen LogP contribution in [0.15, 0.2) is 103 Å². The van der Waals surface area contributed by atoms with E-state index in [0.717, 1.165) is 11.3 Å². The number of nitro benzene ring substituents is 1. The molecule has 0 aromatic heterocycles. The predicted molar refractivity (Wildman–Crippen MR) is 161 cm³/mol. The second kappa shape index (κ2) is 9.87. The van der Waals surface area contributed by atoms with Gasteiger partial charge in [-0.3, -0.25) is 24.5 Å². The number of carbonyl (C=O) groups is 3. The summed E-state index contributed by atoms with van der Waals surface area (Å²) < 4.78 is 6.05. The quantitative estimate of drug-likeness (QED) is 0.116. The molecule has 0 saturated carbocycles. The van der Waals surface area contributed by atoms with Gasteiger partial charge in [0.1, 0.15) is 17.2 Å². The second-order valence-corrected chi connectivity index (χ2v) is 10.9. The van der Waals surface area contributed by atoms with Crippen molar-refractivity contribution in [3.05, 3.63) is 141 Å². The number of ether oxygens (including phenoxy) is 1. The molecule has 2 heterocycles. The Kier molecular flexibility index (Phi) is 6.09. The molecule has 7 rings (SSSR count). The molecule has 0 N–H and O–H groups in total. The first kappa shape index (κ1) is 26.5. The van der Waals surface area contributed by atoms with Crippen molar-refractivity contribution in [2.75, 3.05) is 11.5 Å². The Labute approximate surface area is 247 Å². The van der Waals surface area contributed by atoms with Gasteiger partial charge in [0, 0.05) is 46.0 Å². The van der Waals surface area contributed by atoms with Crippen LogP contribution in [-0.4, -0.2) is 41.0 Å². The van der Waals surface area contributed by atoms with Crippen LogP contribution in [0.5, 0.6) is 5.75 Å². The smallest absolute Gasteiger partial charge is 0.269 e. The Morgan fingerprint density at radius 2 is 1.51 bits per heavy atom. The summed E-state index contributed by atoms with van der Waals surface area (Å²) in [4.78, 5) is 57.1. The monoisotopic (exact) mass is 570 g/mol. The van der Waals surface area contributed by atoms with E-state index in [1.165, 1.54) is 24.3 Å². The van der Waals surface area contributed by atoms with Gasteiger partial charge in [-0.2, -0.15) is 0 Å². The van der Waals surface area contributed by atoms with Crippen molar-refractivity contribution in [2.24, 2.45) is 5.41 Å². The van der Waals surface area contributed by atoms with E-state index in [-0.39, 0.29) is 28.6 Å². The van der Waals surface area contributed by atoms with Gasteiger partial charge in [-0.25, -0.2) is 0 Å². The summed E-state index contributed by atoms with van der Waals surface area (Å²) in [6, 6.07) is 25.3. The van der Waals surface area contributed by atoms with Crippen LogP contribution in [0.4, 0.5) is 11.4 Å². The highest BCUT2D eigenvalue weighted by Gasteiger charge is 2.71. The second-order valence-electron chi connectivity index (χ2n) is 10.9. The zero-order chi connectivity index (χ0) is 29.9. The minimum absolute atomic E-state index is 0.140. The topological polar surface area (TPSA) is 107 Å². The van der Waals surface area contributed by atoms with Crippen LogP contribution in [0.25, 0.3) is 6.08 Å². The average Bonchev–Trinajstić information content (AvgIpc) is 3.47. The van der Waals surface area contributed by atoms with Gasteiger partial charge in [-0.15, -0.1) is 0 Å². The lowest BCUT2D eigenvalue weighted by Crippen LogP contribution is -2.48. The first-order valence-corrected chi connectivity index (χ1v) is 14.1. The Morgan fingerprint density at radius 3 is 2.19 bits per heavy atom. The van der Waals surface area contributed by atoms with E-state index in [0.29, 0.717) is 29.0 Å². The van der Waals surface area contributed by atoms with Crippen molar-refractivity contribution < 1.29 is 24.0 Å². The standard InChI is InChI=1S/C35H26N2O6/c1-2-43-28-14-8-6-12-26(28)30-31(32(38)22-15-18-23(19-16-22)37(41)42)36-27-13-7-3-9-21(27)17-20-29(36)35(30)33(39)24-10-4-5-11-25(24)34(35)40/h3-20,29-31H,2H2,1H3/t29-,30-,31+/m1/s1. The van der Waals surface area contributed by atoms with Crippen molar-refractivity contribution in [2.45, 2.75) is 24.9 Å². The molecular formula is C35H26N2O6. The molecule has 8 nitrogen and oxygen atoms in total. The summed E-state index contributed by atoms with van der Waals surface area (Å²) in [5.74, 6) is -1.46. The maximum atomic E-state index is 14.8. The summed E-state index contributed by atoms with van der Waals surface area (Å²) in [6.45, 7) is 2.19. The molecule has 8 heteroatoms.